The first-order chi connectivity index (χ1) is 11.8. The van der Waals surface area contributed by atoms with E-state index in [1.807, 2.05) is 12.1 Å². The largest absolute Gasteiger partial charge is 0.493 e. The number of nitrogens with one attached hydrogen (secondary N) is 1. The molecule has 0 saturated carbocycles. The molecule has 0 bridgehead atoms. The summed E-state index contributed by atoms with van der Waals surface area (Å²) in [6.45, 7) is -0.121. The molecule has 7 nitrogen and oxygen atoms in total. The van der Waals surface area contributed by atoms with Gasteiger partial charge in [0.05, 0.1) is 19.0 Å². The van der Waals surface area contributed by atoms with Crippen LogP contribution in [0.1, 0.15) is 0 Å². The smallest absolute Gasteiger partial charge is 0.262 e. The summed E-state index contributed by atoms with van der Waals surface area (Å²) in [5, 5.41) is 2.73. The van der Waals surface area contributed by atoms with Gasteiger partial charge >= 0.3 is 0 Å². The summed E-state index contributed by atoms with van der Waals surface area (Å²) in [7, 11) is 1.55. The van der Waals surface area contributed by atoms with Crippen LogP contribution in [0, 0.1) is 0 Å². The third kappa shape index (κ3) is 3.70. The zero-order chi connectivity index (χ0) is 16.8. The van der Waals surface area contributed by atoms with Gasteiger partial charge in [0.2, 0.25) is 0 Å². The molecular formula is C17H16N4O3. The van der Waals surface area contributed by atoms with Crippen LogP contribution in [0.5, 0.6) is 11.5 Å². The van der Waals surface area contributed by atoms with Crippen molar-refractivity contribution < 1.29 is 14.3 Å². The molecule has 0 radical (unpaired) electrons. The number of pyridine rings is 1. The van der Waals surface area contributed by atoms with Gasteiger partial charge < -0.3 is 14.8 Å². The lowest BCUT2D eigenvalue weighted by molar-refractivity contribution is -0.118. The highest BCUT2D eigenvalue weighted by atomic mass is 16.5. The van der Waals surface area contributed by atoms with Crippen LogP contribution in [0.4, 0.5) is 5.69 Å². The molecular weight excluding hydrogens is 308 g/mol. The van der Waals surface area contributed by atoms with Gasteiger partial charge in [-0.1, -0.05) is 12.1 Å². The second-order valence-corrected chi connectivity index (χ2v) is 4.86. The summed E-state index contributed by atoms with van der Waals surface area (Å²) in [5.74, 6) is 1.54. The molecule has 0 aliphatic rings. The lowest BCUT2D eigenvalue weighted by Gasteiger charge is -2.10. The molecule has 1 amide bonds. The minimum atomic E-state index is -0.280. The highest BCUT2D eigenvalue weighted by Gasteiger charge is 2.07. The number of hydrogen-bond donors (Lipinski definition) is 1. The van der Waals surface area contributed by atoms with Crippen molar-refractivity contribution in [2.24, 2.45) is 0 Å². The number of carbonyl (C=O) groups excluding carboxylic acids is 1. The number of para-hydroxylation sites is 2. The van der Waals surface area contributed by atoms with E-state index >= 15 is 0 Å². The molecule has 0 saturated heterocycles. The lowest BCUT2D eigenvalue weighted by atomic mass is 10.3. The Morgan fingerprint density at radius 1 is 1.21 bits per heavy atom. The number of anilines is 1. The van der Waals surface area contributed by atoms with Crippen molar-refractivity contribution >= 4 is 11.6 Å². The normalized spacial score (nSPS) is 10.2. The van der Waals surface area contributed by atoms with E-state index in [1.165, 1.54) is 0 Å². The predicted molar refractivity (Wildman–Crippen MR) is 88.5 cm³/mol. The van der Waals surface area contributed by atoms with Gasteiger partial charge in [0, 0.05) is 12.4 Å². The number of hydrogen-bond acceptors (Lipinski definition) is 5. The minimum absolute atomic E-state index is 0.121. The molecule has 0 aliphatic carbocycles. The highest BCUT2D eigenvalue weighted by molar-refractivity contribution is 5.91. The molecule has 0 spiro atoms. The van der Waals surface area contributed by atoms with Crippen molar-refractivity contribution in [1.82, 2.24) is 14.5 Å². The molecule has 122 valence electrons. The van der Waals surface area contributed by atoms with Crippen LogP contribution in [-0.4, -0.2) is 34.2 Å². The third-order valence-electron chi connectivity index (χ3n) is 3.23. The maximum absolute atomic E-state index is 12.0. The zero-order valence-corrected chi connectivity index (χ0v) is 13.0. The van der Waals surface area contributed by atoms with Gasteiger partial charge in [0.1, 0.15) is 12.1 Å². The highest BCUT2D eigenvalue weighted by Crippen LogP contribution is 2.25. The monoisotopic (exact) mass is 324 g/mol. The van der Waals surface area contributed by atoms with Crippen LogP contribution in [0.2, 0.25) is 0 Å². The Labute approximate surface area is 138 Å². The Morgan fingerprint density at radius 3 is 2.71 bits per heavy atom. The molecule has 2 aromatic heterocycles. The van der Waals surface area contributed by atoms with E-state index in [2.05, 4.69) is 15.3 Å². The Hall–Kier alpha value is -3.35. The van der Waals surface area contributed by atoms with Gasteiger partial charge in [0.25, 0.3) is 5.91 Å². The van der Waals surface area contributed by atoms with Crippen molar-refractivity contribution in [3.05, 3.63) is 61.3 Å². The standard InChI is InChI=1S/C17H16N4O3/c1-23-14-4-2-3-5-15(14)24-11-17(22)20-13-6-7-16(19-10-13)21-9-8-18-12-21/h2-10,12H,11H2,1H3,(H,20,22). The maximum atomic E-state index is 12.0. The SMILES string of the molecule is COc1ccccc1OCC(=O)Nc1ccc(-n2ccnc2)nc1. The van der Waals surface area contributed by atoms with Crippen molar-refractivity contribution in [1.29, 1.82) is 0 Å². The molecule has 0 aliphatic heterocycles. The summed E-state index contributed by atoms with van der Waals surface area (Å²) >= 11 is 0. The number of amides is 1. The fraction of sp³-hybridized carbons (Fsp3) is 0.118. The first-order valence-electron chi connectivity index (χ1n) is 7.26. The Morgan fingerprint density at radius 2 is 2.04 bits per heavy atom. The lowest BCUT2D eigenvalue weighted by Crippen LogP contribution is -2.20. The minimum Gasteiger partial charge on any atom is -0.493 e. The summed E-state index contributed by atoms with van der Waals surface area (Å²) in [4.78, 5) is 20.2. The average Bonchev–Trinajstić information content (AvgIpc) is 3.15. The summed E-state index contributed by atoms with van der Waals surface area (Å²) in [6, 6.07) is 10.7. The van der Waals surface area contributed by atoms with Crippen LogP contribution >= 0.6 is 0 Å². The van der Waals surface area contributed by atoms with E-state index in [1.54, 1.807) is 60.9 Å². The number of aromatic nitrogens is 3. The van der Waals surface area contributed by atoms with E-state index in [0.717, 1.165) is 5.82 Å². The van der Waals surface area contributed by atoms with Gasteiger partial charge in [0.15, 0.2) is 18.1 Å². The van der Waals surface area contributed by atoms with E-state index in [4.69, 9.17) is 9.47 Å². The molecule has 7 heteroatoms. The number of carbonyl (C=O) groups is 1. The number of rotatable bonds is 6. The molecule has 0 unspecified atom stereocenters. The summed E-state index contributed by atoms with van der Waals surface area (Å²) < 4.78 is 12.4. The van der Waals surface area contributed by atoms with Crippen molar-refractivity contribution in [2.45, 2.75) is 0 Å². The molecule has 3 rings (SSSR count). The van der Waals surface area contributed by atoms with Gasteiger partial charge in [-0.05, 0) is 24.3 Å². The fourth-order valence-electron chi connectivity index (χ4n) is 2.09. The molecule has 1 N–H and O–H groups in total. The van der Waals surface area contributed by atoms with Gasteiger partial charge in [-0.15, -0.1) is 0 Å². The number of methoxy groups -OCH3 is 1. The molecule has 0 atom stereocenters. The van der Waals surface area contributed by atoms with Crippen LogP contribution in [-0.2, 0) is 4.79 Å². The number of ether oxygens (including phenoxy) is 2. The molecule has 2 heterocycles. The van der Waals surface area contributed by atoms with Gasteiger partial charge in [-0.2, -0.15) is 0 Å². The quantitative estimate of drug-likeness (QED) is 0.753. The Bertz CT molecular complexity index is 801. The second-order valence-electron chi connectivity index (χ2n) is 4.86. The van der Waals surface area contributed by atoms with E-state index in [9.17, 15) is 4.79 Å². The number of imidazole rings is 1. The molecule has 3 aromatic rings. The number of nitrogens with zero attached hydrogens (tertiary/aromatic N) is 3. The van der Waals surface area contributed by atoms with Gasteiger partial charge in [-0.25, -0.2) is 9.97 Å². The Kier molecular flexibility index (Phi) is 4.71. The van der Waals surface area contributed by atoms with Crippen molar-refractivity contribution in [3.63, 3.8) is 0 Å². The van der Waals surface area contributed by atoms with E-state index < -0.39 is 0 Å². The van der Waals surface area contributed by atoms with E-state index in [-0.39, 0.29) is 12.5 Å². The van der Waals surface area contributed by atoms with Crippen LogP contribution in [0.15, 0.2) is 61.3 Å². The maximum Gasteiger partial charge on any atom is 0.262 e. The predicted octanol–water partition coefficient (Wildman–Crippen LogP) is 2.29. The van der Waals surface area contributed by atoms with Crippen LogP contribution in [0.3, 0.4) is 0 Å². The fourth-order valence-corrected chi connectivity index (χ4v) is 2.09. The van der Waals surface area contributed by atoms with Gasteiger partial charge in [-0.3, -0.25) is 9.36 Å². The van der Waals surface area contributed by atoms with Crippen molar-refractivity contribution in [3.8, 4) is 17.3 Å². The van der Waals surface area contributed by atoms with Crippen molar-refractivity contribution in [2.75, 3.05) is 19.0 Å². The third-order valence-corrected chi connectivity index (χ3v) is 3.23. The summed E-state index contributed by atoms with van der Waals surface area (Å²) in [6.07, 6.45) is 6.70. The number of benzene rings is 1. The summed E-state index contributed by atoms with van der Waals surface area (Å²) in [5.41, 5.74) is 0.590. The first-order valence-corrected chi connectivity index (χ1v) is 7.26. The van der Waals surface area contributed by atoms with Crippen LogP contribution in [0.25, 0.3) is 5.82 Å². The zero-order valence-electron chi connectivity index (χ0n) is 13.0. The average molecular weight is 324 g/mol. The van der Waals surface area contributed by atoms with Crippen LogP contribution < -0.4 is 14.8 Å². The topological polar surface area (TPSA) is 78.3 Å². The molecule has 0 fully saturated rings. The first kappa shape index (κ1) is 15.5. The van der Waals surface area contributed by atoms with E-state index in [0.29, 0.717) is 17.2 Å². The molecule has 24 heavy (non-hydrogen) atoms. The molecule has 1 aromatic carbocycles. The Balaban J connectivity index is 1.57. The second kappa shape index (κ2) is 7.28.